The maximum atomic E-state index is 12.2. The van der Waals surface area contributed by atoms with E-state index >= 15 is 0 Å². The molecule has 2 heterocycles. The van der Waals surface area contributed by atoms with Crippen LogP contribution in [0.15, 0.2) is 54.3 Å². The van der Waals surface area contributed by atoms with Gasteiger partial charge in [-0.15, -0.1) is 0 Å². The van der Waals surface area contributed by atoms with Gasteiger partial charge in [0.25, 0.3) is 0 Å². The number of nitrogen functional groups attached to an aromatic ring is 1. The van der Waals surface area contributed by atoms with Crippen LogP contribution >= 0.6 is 0 Å². The van der Waals surface area contributed by atoms with E-state index in [1.807, 2.05) is 30.5 Å². The number of fused-ring (bicyclic) bond motifs is 1. The van der Waals surface area contributed by atoms with Crippen molar-refractivity contribution >= 4 is 17.2 Å². The molecule has 2 aromatic heterocycles. The lowest BCUT2D eigenvalue weighted by Crippen LogP contribution is -2.10. The summed E-state index contributed by atoms with van der Waals surface area (Å²) in [5, 5.41) is 0. The molecule has 0 saturated heterocycles. The normalized spacial score (nSPS) is 14.3. The number of hydrogen-bond acceptors (Lipinski definition) is 3. The van der Waals surface area contributed by atoms with Crippen molar-refractivity contribution in [2.24, 2.45) is 0 Å². The van der Waals surface area contributed by atoms with Gasteiger partial charge in [0, 0.05) is 6.20 Å². The molecule has 0 amide bonds. The molecule has 0 saturated carbocycles. The zero-order valence-corrected chi connectivity index (χ0v) is 11.1. The number of anilines is 1. The molecule has 4 heteroatoms. The predicted octanol–water partition coefficient (Wildman–Crippen LogP) is 2.95. The lowest BCUT2D eigenvalue weighted by Gasteiger charge is -2.08. The van der Waals surface area contributed by atoms with Gasteiger partial charge in [0.05, 0.1) is 11.2 Å². The number of allylic oxidation sites excluding steroid dienone is 2. The maximum absolute atomic E-state index is 12.2. The fraction of sp³-hybridized carbons (Fsp3) is 0.188. The van der Waals surface area contributed by atoms with Crippen LogP contribution in [0.2, 0.25) is 0 Å². The van der Waals surface area contributed by atoms with E-state index < -0.39 is 0 Å². The van der Waals surface area contributed by atoms with Crippen molar-refractivity contribution in [2.45, 2.75) is 12.8 Å². The summed E-state index contributed by atoms with van der Waals surface area (Å²) in [5.74, 6) is -0.359. The van der Waals surface area contributed by atoms with E-state index in [4.69, 9.17) is 10.5 Å². The van der Waals surface area contributed by atoms with E-state index in [-0.39, 0.29) is 5.97 Å². The molecule has 0 spiro atoms. The summed E-state index contributed by atoms with van der Waals surface area (Å²) >= 11 is 0. The monoisotopic (exact) mass is 268 g/mol. The predicted molar refractivity (Wildman–Crippen MR) is 78.5 cm³/mol. The Morgan fingerprint density at radius 1 is 1.35 bits per heavy atom. The van der Waals surface area contributed by atoms with Crippen molar-refractivity contribution in [3.63, 3.8) is 0 Å². The number of rotatable bonds is 3. The van der Waals surface area contributed by atoms with Gasteiger partial charge in [-0.1, -0.05) is 24.3 Å². The Morgan fingerprint density at radius 3 is 3.05 bits per heavy atom. The molecule has 0 radical (unpaired) electrons. The van der Waals surface area contributed by atoms with Crippen molar-refractivity contribution in [1.29, 1.82) is 0 Å². The third-order valence-electron chi connectivity index (χ3n) is 3.36. The molecule has 2 N–H and O–H groups in total. The molecule has 1 aliphatic rings. The van der Waals surface area contributed by atoms with Crippen LogP contribution in [-0.2, 0) is 4.74 Å². The van der Waals surface area contributed by atoms with Gasteiger partial charge in [-0.3, -0.25) is 0 Å². The van der Waals surface area contributed by atoms with E-state index in [1.165, 1.54) is 0 Å². The first-order valence-corrected chi connectivity index (χ1v) is 6.64. The van der Waals surface area contributed by atoms with Gasteiger partial charge in [0.2, 0.25) is 0 Å². The second kappa shape index (κ2) is 5.25. The molecule has 20 heavy (non-hydrogen) atoms. The van der Waals surface area contributed by atoms with Gasteiger partial charge in [-0.05, 0) is 36.6 Å². The van der Waals surface area contributed by atoms with Gasteiger partial charge >= 0.3 is 5.97 Å². The summed E-state index contributed by atoms with van der Waals surface area (Å²) < 4.78 is 7.11. The minimum Gasteiger partial charge on any atom is -0.456 e. The molecule has 102 valence electrons. The Bertz CT molecular complexity index is 710. The van der Waals surface area contributed by atoms with E-state index in [9.17, 15) is 4.79 Å². The highest BCUT2D eigenvalue weighted by Crippen LogP contribution is 2.20. The van der Waals surface area contributed by atoms with E-state index in [0.717, 1.165) is 23.9 Å². The van der Waals surface area contributed by atoms with Crippen LogP contribution < -0.4 is 5.73 Å². The van der Waals surface area contributed by atoms with Gasteiger partial charge in [0.1, 0.15) is 12.3 Å². The minimum atomic E-state index is -0.359. The zero-order valence-electron chi connectivity index (χ0n) is 11.1. The number of aromatic nitrogens is 1. The highest BCUT2D eigenvalue weighted by molar-refractivity contribution is 5.93. The average molecular weight is 268 g/mol. The lowest BCUT2D eigenvalue weighted by molar-refractivity contribution is 0.0534. The summed E-state index contributed by atoms with van der Waals surface area (Å²) in [6.07, 6.45) is 10.1. The quantitative estimate of drug-likeness (QED) is 0.871. The minimum absolute atomic E-state index is 0.301. The Kier molecular flexibility index (Phi) is 3.29. The van der Waals surface area contributed by atoms with Crippen molar-refractivity contribution in [1.82, 2.24) is 4.40 Å². The van der Waals surface area contributed by atoms with Crippen molar-refractivity contribution < 1.29 is 9.53 Å². The van der Waals surface area contributed by atoms with Crippen LogP contribution in [0, 0.1) is 0 Å². The summed E-state index contributed by atoms with van der Waals surface area (Å²) in [6.45, 7) is 0.301. The van der Waals surface area contributed by atoms with Crippen molar-refractivity contribution in [3.8, 4) is 0 Å². The van der Waals surface area contributed by atoms with Gasteiger partial charge < -0.3 is 14.9 Å². The van der Waals surface area contributed by atoms with Gasteiger partial charge in [-0.25, -0.2) is 4.79 Å². The fourth-order valence-corrected chi connectivity index (χ4v) is 2.33. The Balaban J connectivity index is 1.79. The summed E-state index contributed by atoms with van der Waals surface area (Å²) in [7, 11) is 0. The third kappa shape index (κ3) is 2.32. The number of esters is 1. The number of carbonyl (C=O) groups is 1. The summed E-state index contributed by atoms with van der Waals surface area (Å²) in [5.41, 5.74) is 8.79. The molecule has 2 aromatic rings. The van der Waals surface area contributed by atoms with E-state index in [1.54, 1.807) is 10.5 Å². The van der Waals surface area contributed by atoms with Crippen LogP contribution in [0.4, 0.5) is 5.69 Å². The fourth-order valence-electron chi connectivity index (χ4n) is 2.33. The van der Waals surface area contributed by atoms with Crippen LogP contribution in [0.3, 0.4) is 0 Å². The molecule has 1 aliphatic carbocycles. The number of nitrogens with zero attached hydrogens (tertiary/aromatic N) is 1. The number of pyridine rings is 1. The van der Waals surface area contributed by atoms with E-state index in [0.29, 0.717) is 18.0 Å². The summed E-state index contributed by atoms with van der Waals surface area (Å²) in [6, 6.07) is 7.27. The topological polar surface area (TPSA) is 56.7 Å². The van der Waals surface area contributed by atoms with Crippen LogP contribution in [0.1, 0.15) is 23.3 Å². The molecular formula is C16H16N2O2. The molecule has 0 aromatic carbocycles. The molecule has 0 bridgehead atoms. The number of hydrogen-bond donors (Lipinski definition) is 1. The molecule has 0 aliphatic heterocycles. The standard InChI is InChI=1S/C16H16N2O2/c17-13-10-15(18-9-5-4-8-14(13)18)16(19)20-11-12-6-2-1-3-7-12/h2,4-10H,1,3,11,17H2. The average Bonchev–Trinajstić information content (AvgIpc) is 2.84. The third-order valence-corrected chi connectivity index (χ3v) is 3.36. The molecule has 0 fully saturated rings. The first-order valence-electron chi connectivity index (χ1n) is 6.64. The van der Waals surface area contributed by atoms with Gasteiger partial charge in [0.15, 0.2) is 0 Å². The molecule has 0 atom stereocenters. The second-order valence-electron chi connectivity index (χ2n) is 4.78. The Hall–Kier alpha value is -2.49. The van der Waals surface area contributed by atoms with Crippen LogP contribution in [-0.4, -0.2) is 17.0 Å². The SMILES string of the molecule is Nc1cc(C(=O)OCC2=CCCC=C2)n2ccccc12. The number of nitrogens with two attached hydrogens (primary N) is 1. The van der Waals surface area contributed by atoms with Crippen molar-refractivity contribution in [2.75, 3.05) is 12.3 Å². The molecule has 4 nitrogen and oxygen atoms in total. The molecule has 3 rings (SSSR count). The molecular weight excluding hydrogens is 252 g/mol. The van der Waals surface area contributed by atoms with Crippen LogP contribution in [0.25, 0.3) is 5.52 Å². The number of carbonyl (C=O) groups excluding carboxylic acids is 1. The lowest BCUT2D eigenvalue weighted by atomic mass is 10.1. The Labute approximate surface area is 117 Å². The highest BCUT2D eigenvalue weighted by Gasteiger charge is 2.15. The van der Waals surface area contributed by atoms with Crippen molar-refractivity contribution in [3.05, 3.63) is 60.0 Å². The maximum Gasteiger partial charge on any atom is 0.355 e. The Morgan fingerprint density at radius 2 is 2.25 bits per heavy atom. The van der Waals surface area contributed by atoms with Crippen LogP contribution in [0.5, 0.6) is 0 Å². The first kappa shape index (κ1) is 12.5. The second-order valence-corrected chi connectivity index (χ2v) is 4.78. The summed E-state index contributed by atoms with van der Waals surface area (Å²) in [4.78, 5) is 12.2. The number of ether oxygens (including phenoxy) is 1. The first-order chi connectivity index (χ1) is 9.75. The molecule has 0 unspecified atom stereocenters. The van der Waals surface area contributed by atoms with Gasteiger partial charge in [-0.2, -0.15) is 0 Å². The zero-order chi connectivity index (χ0) is 13.9. The van der Waals surface area contributed by atoms with E-state index in [2.05, 4.69) is 12.2 Å². The smallest absolute Gasteiger partial charge is 0.355 e. The highest BCUT2D eigenvalue weighted by atomic mass is 16.5. The largest absolute Gasteiger partial charge is 0.456 e.